The molecule has 1 aliphatic rings. The summed E-state index contributed by atoms with van der Waals surface area (Å²) >= 11 is 0. The molecule has 2 aromatic rings. The highest BCUT2D eigenvalue weighted by molar-refractivity contribution is 5.48. The van der Waals surface area contributed by atoms with E-state index >= 15 is 0 Å². The number of aliphatic hydroxyl groups is 1. The molecular weight excluding hydrogens is 264 g/mol. The van der Waals surface area contributed by atoms with Crippen LogP contribution < -0.4 is 4.90 Å². The van der Waals surface area contributed by atoms with Gasteiger partial charge in [-0.15, -0.1) is 0 Å². The quantitative estimate of drug-likeness (QED) is 0.937. The lowest BCUT2D eigenvalue weighted by Crippen LogP contribution is -2.47. The Hall–Kier alpha value is -1.78. The summed E-state index contributed by atoms with van der Waals surface area (Å²) in [4.78, 5) is 4.70. The zero-order valence-electron chi connectivity index (χ0n) is 12.4. The number of hydrogen-bond acceptors (Lipinski definition) is 4. The Balaban J connectivity index is 1.53. The van der Waals surface area contributed by atoms with Crippen LogP contribution in [0.5, 0.6) is 0 Å². The Labute approximate surface area is 125 Å². The van der Waals surface area contributed by atoms with E-state index in [9.17, 15) is 5.11 Å². The predicted octanol–water partition coefficient (Wildman–Crippen LogP) is 2.44. The Bertz CT molecular complexity index is 560. The molecule has 2 heterocycles. The van der Waals surface area contributed by atoms with Crippen LogP contribution in [-0.4, -0.2) is 42.7 Å². The standard InChI is InChI=1S/C17H22N2O2/c1-14-4-2-5-15(12-14)19-9-7-18(8-10-19)13-16(20)17-6-3-11-21-17/h2-6,11-12,16,20H,7-10,13H2,1H3. The zero-order chi connectivity index (χ0) is 14.7. The van der Waals surface area contributed by atoms with E-state index in [1.54, 1.807) is 6.26 Å². The van der Waals surface area contributed by atoms with Gasteiger partial charge in [-0.2, -0.15) is 0 Å². The number of aliphatic hydroxyl groups excluding tert-OH is 1. The van der Waals surface area contributed by atoms with Crippen LogP contribution in [0.1, 0.15) is 17.4 Å². The number of hydrogen-bond donors (Lipinski definition) is 1. The number of furan rings is 1. The average molecular weight is 286 g/mol. The highest BCUT2D eigenvalue weighted by Gasteiger charge is 2.21. The van der Waals surface area contributed by atoms with E-state index in [0.29, 0.717) is 12.3 Å². The molecule has 1 N–H and O–H groups in total. The molecule has 4 heteroatoms. The van der Waals surface area contributed by atoms with E-state index in [4.69, 9.17) is 4.42 Å². The summed E-state index contributed by atoms with van der Waals surface area (Å²) in [5.74, 6) is 0.649. The average Bonchev–Trinajstić information content (AvgIpc) is 3.02. The number of rotatable bonds is 4. The molecule has 1 saturated heterocycles. The summed E-state index contributed by atoms with van der Waals surface area (Å²) in [5.41, 5.74) is 2.59. The minimum Gasteiger partial charge on any atom is -0.467 e. The second-order valence-electron chi connectivity index (χ2n) is 5.66. The minimum atomic E-state index is -0.537. The van der Waals surface area contributed by atoms with Crippen LogP contribution in [0.4, 0.5) is 5.69 Å². The second kappa shape index (κ2) is 6.33. The van der Waals surface area contributed by atoms with Crippen molar-refractivity contribution in [1.29, 1.82) is 0 Å². The van der Waals surface area contributed by atoms with Gasteiger partial charge in [0, 0.05) is 38.4 Å². The highest BCUT2D eigenvalue weighted by Crippen LogP contribution is 2.20. The summed E-state index contributed by atoms with van der Waals surface area (Å²) in [5, 5.41) is 10.1. The van der Waals surface area contributed by atoms with Crippen LogP contribution in [0.25, 0.3) is 0 Å². The Morgan fingerprint density at radius 3 is 2.62 bits per heavy atom. The lowest BCUT2D eigenvalue weighted by Gasteiger charge is -2.36. The van der Waals surface area contributed by atoms with Crippen molar-refractivity contribution in [3.8, 4) is 0 Å². The first-order valence-corrected chi connectivity index (χ1v) is 7.48. The van der Waals surface area contributed by atoms with E-state index in [1.807, 2.05) is 12.1 Å². The third kappa shape index (κ3) is 3.46. The van der Waals surface area contributed by atoms with Crippen molar-refractivity contribution in [2.24, 2.45) is 0 Å². The van der Waals surface area contributed by atoms with Gasteiger partial charge in [0.1, 0.15) is 11.9 Å². The molecule has 112 valence electrons. The van der Waals surface area contributed by atoms with Gasteiger partial charge in [0.25, 0.3) is 0 Å². The molecule has 0 radical (unpaired) electrons. The van der Waals surface area contributed by atoms with Gasteiger partial charge in [-0.05, 0) is 36.8 Å². The molecule has 1 unspecified atom stereocenters. The van der Waals surface area contributed by atoms with Crippen LogP contribution in [0.15, 0.2) is 47.1 Å². The van der Waals surface area contributed by atoms with Crippen LogP contribution >= 0.6 is 0 Å². The van der Waals surface area contributed by atoms with Crippen LogP contribution in [0.2, 0.25) is 0 Å². The summed E-state index contributed by atoms with van der Waals surface area (Å²) in [6.07, 6.45) is 1.07. The molecule has 1 atom stereocenters. The molecule has 1 aliphatic heterocycles. The third-order valence-corrected chi connectivity index (χ3v) is 4.04. The normalized spacial score (nSPS) is 17.9. The Kier molecular flexibility index (Phi) is 4.27. The van der Waals surface area contributed by atoms with Crippen LogP contribution in [0.3, 0.4) is 0 Å². The van der Waals surface area contributed by atoms with E-state index in [2.05, 4.69) is 41.0 Å². The number of benzene rings is 1. The molecule has 0 bridgehead atoms. The maximum absolute atomic E-state index is 10.1. The molecule has 3 rings (SSSR count). The van der Waals surface area contributed by atoms with Gasteiger partial charge in [-0.1, -0.05) is 12.1 Å². The van der Waals surface area contributed by atoms with Gasteiger partial charge >= 0.3 is 0 Å². The van der Waals surface area contributed by atoms with Crippen molar-refractivity contribution in [2.75, 3.05) is 37.6 Å². The second-order valence-corrected chi connectivity index (χ2v) is 5.66. The summed E-state index contributed by atoms with van der Waals surface area (Å²) in [7, 11) is 0. The van der Waals surface area contributed by atoms with Crippen molar-refractivity contribution < 1.29 is 9.52 Å². The topological polar surface area (TPSA) is 39.9 Å². The largest absolute Gasteiger partial charge is 0.467 e. The van der Waals surface area contributed by atoms with E-state index < -0.39 is 6.10 Å². The van der Waals surface area contributed by atoms with Gasteiger partial charge in [0.05, 0.1) is 6.26 Å². The lowest BCUT2D eigenvalue weighted by atomic mass is 10.2. The van der Waals surface area contributed by atoms with Crippen molar-refractivity contribution in [2.45, 2.75) is 13.0 Å². The zero-order valence-corrected chi connectivity index (χ0v) is 12.4. The van der Waals surface area contributed by atoms with Gasteiger partial charge in [0.2, 0.25) is 0 Å². The number of piperazine rings is 1. The molecule has 0 spiro atoms. The number of β-amino-alcohol motifs (C(OH)–C–C–N with tert-alkyl or cyclic N) is 1. The molecule has 0 amide bonds. The van der Waals surface area contributed by atoms with Crippen molar-refractivity contribution in [3.63, 3.8) is 0 Å². The van der Waals surface area contributed by atoms with Crippen molar-refractivity contribution >= 4 is 5.69 Å². The maximum atomic E-state index is 10.1. The molecule has 21 heavy (non-hydrogen) atoms. The number of aryl methyl sites for hydroxylation is 1. The fourth-order valence-electron chi connectivity index (χ4n) is 2.83. The summed E-state index contributed by atoms with van der Waals surface area (Å²) in [6.45, 7) is 6.68. The summed E-state index contributed by atoms with van der Waals surface area (Å²) < 4.78 is 5.25. The molecule has 0 saturated carbocycles. The molecular formula is C17H22N2O2. The van der Waals surface area contributed by atoms with Gasteiger partial charge < -0.3 is 14.4 Å². The first kappa shape index (κ1) is 14.2. The van der Waals surface area contributed by atoms with E-state index in [-0.39, 0.29) is 0 Å². The number of nitrogens with zero attached hydrogens (tertiary/aromatic N) is 2. The molecule has 0 aliphatic carbocycles. The fourth-order valence-corrected chi connectivity index (χ4v) is 2.83. The first-order chi connectivity index (χ1) is 10.2. The van der Waals surface area contributed by atoms with Gasteiger partial charge in [-0.3, -0.25) is 4.90 Å². The molecule has 1 fully saturated rings. The lowest BCUT2D eigenvalue weighted by molar-refractivity contribution is 0.0916. The Morgan fingerprint density at radius 1 is 1.14 bits per heavy atom. The smallest absolute Gasteiger partial charge is 0.133 e. The van der Waals surface area contributed by atoms with Gasteiger partial charge in [-0.25, -0.2) is 0 Å². The number of anilines is 1. The summed E-state index contributed by atoms with van der Waals surface area (Å²) in [6, 6.07) is 12.3. The van der Waals surface area contributed by atoms with E-state index in [0.717, 1.165) is 26.2 Å². The van der Waals surface area contributed by atoms with Crippen molar-refractivity contribution in [1.82, 2.24) is 4.90 Å². The monoisotopic (exact) mass is 286 g/mol. The maximum Gasteiger partial charge on any atom is 0.133 e. The third-order valence-electron chi connectivity index (χ3n) is 4.04. The van der Waals surface area contributed by atoms with Crippen molar-refractivity contribution in [3.05, 3.63) is 54.0 Å². The highest BCUT2D eigenvalue weighted by atomic mass is 16.4. The van der Waals surface area contributed by atoms with E-state index in [1.165, 1.54) is 11.3 Å². The molecule has 1 aromatic heterocycles. The predicted molar refractivity (Wildman–Crippen MR) is 83.5 cm³/mol. The molecule has 4 nitrogen and oxygen atoms in total. The SMILES string of the molecule is Cc1cccc(N2CCN(CC(O)c3ccco3)CC2)c1. The van der Waals surface area contributed by atoms with Gasteiger partial charge in [0.15, 0.2) is 0 Å². The minimum absolute atomic E-state index is 0.537. The van der Waals surface area contributed by atoms with Crippen LogP contribution in [-0.2, 0) is 0 Å². The first-order valence-electron chi connectivity index (χ1n) is 7.48. The van der Waals surface area contributed by atoms with Crippen LogP contribution in [0, 0.1) is 6.92 Å². The molecule has 1 aromatic carbocycles. The fraction of sp³-hybridized carbons (Fsp3) is 0.412. The Morgan fingerprint density at radius 2 is 1.95 bits per heavy atom.